The third-order valence-corrected chi connectivity index (χ3v) is 7.30. The standard InChI is InChI=1S/C35H25NO/c1-37-35-21-11-10-20-32(35)36(33-22-24-12-2-4-14-26(24)28-16-6-8-18-30(28)33)34-23-25-13-3-5-15-27(25)29-17-7-9-19-31(29)34/h2-23H,1H3. The van der Waals surface area contributed by atoms with E-state index in [1.54, 1.807) is 7.11 Å². The largest absolute Gasteiger partial charge is 0.495 e. The van der Waals surface area contributed by atoms with Crippen molar-refractivity contribution >= 4 is 60.2 Å². The molecule has 7 aromatic carbocycles. The molecular formula is C35H25NO. The van der Waals surface area contributed by atoms with Crippen LogP contribution in [0.2, 0.25) is 0 Å². The van der Waals surface area contributed by atoms with Crippen LogP contribution in [0.3, 0.4) is 0 Å². The molecule has 0 aliphatic heterocycles. The SMILES string of the molecule is COc1ccccc1N(c1cc2ccccc2c2ccccc12)c1cc2ccccc2c2ccccc12. The zero-order chi connectivity index (χ0) is 24.8. The van der Waals surface area contributed by atoms with E-state index >= 15 is 0 Å². The summed E-state index contributed by atoms with van der Waals surface area (Å²) in [6.45, 7) is 0. The van der Waals surface area contributed by atoms with Crippen molar-refractivity contribution in [3.05, 3.63) is 133 Å². The lowest BCUT2D eigenvalue weighted by Crippen LogP contribution is -2.12. The topological polar surface area (TPSA) is 12.5 Å². The van der Waals surface area contributed by atoms with Gasteiger partial charge in [0, 0.05) is 10.8 Å². The Morgan fingerprint density at radius 1 is 0.405 bits per heavy atom. The van der Waals surface area contributed by atoms with Gasteiger partial charge in [0.15, 0.2) is 0 Å². The predicted octanol–water partition coefficient (Wildman–Crippen LogP) is 9.78. The Bertz CT molecular complexity index is 1820. The van der Waals surface area contributed by atoms with Crippen molar-refractivity contribution in [3.8, 4) is 5.75 Å². The Balaban J connectivity index is 1.66. The third-order valence-electron chi connectivity index (χ3n) is 7.30. The second-order valence-electron chi connectivity index (χ2n) is 9.33. The molecule has 0 aromatic heterocycles. The van der Waals surface area contributed by atoms with E-state index in [9.17, 15) is 0 Å². The van der Waals surface area contributed by atoms with Crippen LogP contribution in [-0.2, 0) is 0 Å². The van der Waals surface area contributed by atoms with Gasteiger partial charge in [-0.2, -0.15) is 0 Å². The fourth-order valence-corrected chi connectivity index (χ4v) is 5.64. The van der Waals surface area contributed by atoms with Gasteiger partial charge in [-0.3, -0.25) is 0 Å². The summed E-state index contributed by atoms with van der Waals surface area (Å²) in [5, 5.41) is 9.80. The van der Waals surface area contributed by atoms with E-state index in [2.05, 4.69) is 126 Å². The van der Waals surface area contributed by atoms with Crippen LogP contribution in [0.15, 0.2) is 133 Å². The van der Waals surface area contributed by atoms with E-state index in [0.29, 0.717) is 0 Å². The smallest absolute Gasteiger partial charge is 0.142 e. The number of fused-ring (bicyclic) bond motifs is 6. The minimum absolute atomic E-state index is 0.831. The van der Waals surface area contributed by atoms with E-state index < -0.39 is 0 Å². The molecule has 0 radical (unpaired) electrons. The number of nitrogens with zero attached hydrogens (tertiary/aromatic N) is 1. The second-order valence-corrected chi connectivity index (χ2v) is 9.33. The Morgan fingerprint density at radius 2 is 0.811 bits per heavy atom. The highest BCUT2D eigenvalue weighted by Crippen LogP contribution is 2.48. The molecule has 7 aromatic rings. The van der Waals surface area contributed by atoms with Crippen molar-refractivity contribution in [2.45, 2.75) is 0 Å². The van der Waals surface area contributed by atoms with Crippen molar-refractivity contribution in [2.24, 2.45) is 0 Å². The predicted molar refractivity (Wildman–Crippen MR) is 158 cm³/mol. The molecule has 0 saturated carbocycles. The lowest BCUT2D eigenvalue weighted by molar-refractivity contribution is 0.416. The molecule has 0 unspecified atom stereocenters. The van der Waals surface area contributed by atoms with E-state index in [-0.39, 0.29) is 0 Å². The highest BCUT2D eigenvalue weighted by atomic mass is 16.5. The fourth-order valence-electron chi connectivity index (χ4n) is 5.64. The molecule has 0 saturated heterocycles. The van der Waals surface area contributed by atoms with Crippen LogP contribution in [0.1, 0.15) is 0 Å². The van der Waals surface area contributed by atoms with Gasteiger partial charge < -0.3 is 9.64 Å². The van der Waals surface area contributed by atoms with E-state index in [1.807, 2.05) is 12.1 Å². The molecule has 0 spiro atoms. The molecule has 2 nitrogen and oxygen atoms in total. The van der Waals surface area contributed by atoms with Crippen LogP contribution < -0.4 is 9.64 Å². The number of methoxy groups -OCH3 is 1. The summed E-state index contributed by atoms with van der Waals surface area (Å²) in [5.41, 5.74) is 3.25. The van der Waals surface area contributed by atoms with Gasteiger partial charge in [0.25, 0.3) is 0 Å². The molecule has 0 aliphatic carbocycles. The molecule has 0 N–H and O–H groups in total. The number of anilines is 3. The van der Waals surface area contributed by atoms with Crippen LogP contribution in [0, 0.1) is 0 Å². The van der Waals surface area contributed by atoms with Crippen molar-refractivity contribution < 1.29 is 4.74 Å². The van der Waals surface area contributed by atoms with Gasteiger partial charge in [-0.1, -0.05) is 109 Å². The highest BCUT2D eigenvalue weighted by molar-refractivity contribution is 6.18. The molecule has 0 fully saturated rings. The molecule has 0 amide bonds. The number of rotatable bonds is 4. The van der Waals surface area contributed by atoms with Gasteiger partial charge in [0.05, 0.1) is 24.2 Å². The molecular weight excluding hydrogens is 450 g/mol. The first-order chi connectivity index (χ1) is 18.3. The van der Waals surface area contributed by atoms with E-state index in [1.165, 1.54) is 43.1 Å². The van der Waals surface area contributed by atoms with Crippen molar-refractivity contribution in [2.75, 3.05) is 12.0 Å². The summed E-state index contributed by atoms with van der Waals surface area (Å²) in [6.07, 6.45) is 0. The quantitative estimate of drug-likeness (QED) is 0.235. The maximum absolute atomic E-state index is 5.93. The number of benzene rings is 7. The molecule has 0 aliphatic rings. The maximum atomic E-state index is 5.93. The summed E-state index contributed by atoms with van der Waals surface area (Å²) in [4.78, 5) is 2.38. The third kappa shape index (κ3) is 3.41. The molecule has 0 bridgehead atoms. The summed E-state index contributed by atoms with van der Waals surface area (Å²) >= 11 is 0. The molecule has 2 heteroatoms. The van der Waals surface area contributed by atoms with Gasteiger partial charge >= 0.3 is 0 Å². The second kappa shape index (κ2) is 8.69. The zero-order valence-corrected chi connectivity index (χ0v) is 20.6. The first-order valence-corrected chi connectivity index (χ1v) is 12.6. The molecule has 0 atom stereocenters. The fraction of sp³-hybridized carbons (Fsp3) is 0.0286. The lowest BCUT2D eigenvalue weighted by Gasteiger charge is -2.30. The Hall–Kier alpha value is -4.82. The first-order valence-electron chi connectivity index (χ1n) is 12.6. The van der Waals surface area contributed by atoms with Gasteiger partial charge in [-0.15, -0.1) is 0 Å². The van der Waals surface area contributed by atoms with Gasteiger partial charge in [0.2, 0.25) is 0 Å². The lowest BCUT2D eigenvalue weighted by atomic mass is 9.96. The van der Waals surface area contributed by atoms with Crippen molar-refractivity contribution in [1.29, 1.82) is 0 Å². The zero-order valence-electron chi connectivity index (χ0n) is 20.6. The monoisotopic (exact) mass is 475 g/mol. The molecule has 176 valence electrons. The summed E-state index contributed by atoms with van der Waals surface area (Å²) < 4.78 is 5.93. The first kappa shape index (κ1) is 21.5. The van der Waals surface area contributed by atoms with E-state index in [4.69, 9.17) is 4.74 Å². The molecule has 7 rings (SSSR count). The minimum Gasteiger partial charge on any atom is -0.495 e. The van der Waals surface area contributed by atoms with Crippen LogP contribution in [0.5, 0.6) is 5.75 Å². The average Bonchev–Trinajstić information content (AvgIpc) is 2.97. The minimum atomic E-state index is 0.831. The van der Waals surface area contributed by atoms with Crippen LogP contribution in [0.4, 0.5) is 17.1 Å². The highest BCUT2D eigenvalue weighted by Gasteiger charge is 2.22. The Labute approximate surface area is 216 Å². The normalized spacial score (nSPS) is 11.4. The number of hydrogen-bond donors (Lipinski definition) is 0. The van der Waals surface area contributed by atoms with Crippen LogP contribution in [0.25, 0.3) is 43.1 Å². The van der Waals surface area contributed by atoms with Gasteiger partial charge in [0.1, 0.15) is 5.75 Å². The van der Waals surface area contributed by atoms with Gasteiger partial charge in [-0.05, 0) is 56.6 Å². The van der Waals surface area contributed by atoms with E-state index in [0.717, 1.165) is 22.8 Å². The number of hydrogen-bond acceptors (Lipinski definition) is 2. The summed E-state index contributed by atoms with van der Waals surface area (Å²) in [5.74, 6) is 0.831. The number of ether oxygens (including phenoxy) is 1. The summed E-state index contributed by atoms with van der Waals surface area (Å²) in [6, 6.07) is 47.6. The van der Waals surface area contributed by atoms with Gasteiger partial charge in [-0.25, -0.2) is 0 Å². The number of para-hydroxylation sites is 2. The van der Waals surface area contributed by atoms with Crippen molar-refractivity contribution in [1.82, 2.24) is 0 Å². The average molecular weight is 476 g/mol. The molecule has 37 heavy (non-hydrogen) atoms. The summed E-state index contributed by atoms with van der Waals surface area (Å²) in [7, 11) is 1.74. The Morgan fingerprint density at radius 3 is 1.32 bits per heavy atom. The van der Waals surface area contributed by atoms with Crippen LogP contribution >= 0.6 is 0 Å². The Kier molecular flexibility index (Phi) is 5.04. The molecule has 0 heterocycles. The van der Waals surface area contributed by atoms with Crippen molar-refractivity contribution in [3.63, 3.8) is 0 Å². The van der Waals surface area contributed by atoms with Crippen LogP contribution in [-0.4, -0.2) is 7.11 Å². The maximum Gasteiger partial charge on any atom is 0.142 e.